The number of anilines is 1. The van der Waals surface area contributed by atoms with Gasteiger partial charge in [-0.15, -0.1) is 0 Å². The molecule has 7 heteroatoms. The summed E-state index contributed by atoms with van der Waals surface area (Å²) in [7, 11) is 0. The first-order chi connectivity index (χ1) is 17.2. The smallest absolute Gasteiger partial charge is 0.328 e. The number of carboxylic acids is 2. The van der Waals surface area contributed by atoms with E-state index in [0.717, 1.165) is 25.9 Å². The highest BCUT2D eigenvalue weighted by Gasteiger charge is 2.41. The Morgan fingerprint density at radius 3 is 2.31 bits per heavy atom. The summed E-state index contributed by atoms with van der Waals surface area (Å²) in [6.45, 7) is 11.2. The van der Waals surface area contributed by atoms with Crippen molar-refractivity contribution in [3.05, 3.63) is 70.3 Å². The van der Waals surface area contributed by atoms with Crippen molar-refractivity contribution in [2.45, 2.75) is 58.0 Å². The molecule has 1 fully saturated rings. The first-order valence-electron chi connectivity index (χ1n) is 12.7. The van der Waals surface area contributed by atoms with Gasteiger partial charge in [0.2, 0.25) is 0 Å². The van der Waals surface area contributed by atoms with Crippen LogP contribution < -0.4 is 10.1 Å². The number of piperidine rings is 1. The van der Waals surface area contributed by atoms with Gasteiger partial charge in [0.05, 0.1) is 0 Å². The zero-order chi connectivity index (χ0) is 25.9. The molecule has 3 aliphatic rings. The Morgan fingerprint density at radius 2 is 1.69 bits per heavy atom. The van der Waals surface area contributed by atoms with Gasteiger partial charge in [-0.2, -0.15) is 0 Å². The molecule has 36 heavy (non-hydrogen) atoms. The molecule has 1 atom stereocenters. The van der Waals surface area contributed by atoms with Crippen LogP contribution in [0.25, 0.3) is 0 Å². The van der Waals surface area contributed by atoms with Crippen LogP contribution in [0.15, 0.2) is 42.5 Å². The van der Waals surface area contributed by atoms with E-state index in [2.05, 4.69) is 61.3 Å². The Balaban J connectivity index is 0.000000331. The number of rotatable bonds is 5. The van der Waals surface area contributed by atoms with Crippen LogP contribution in [-0.2, 0) is 22.4 Å². The summed E-state index contributed by atoms with van der Waals surface area (Å²) in [6.07, 6.45) is 5.81. The van der Waals surface area contributed by atoms with Crippen molar-refractivity contribution in [2.24, 2.45) is 0 Å². The second kappa shape index (κ2) is 10.7. The van der Waals surface area contributed by atoms with Crippen LogP contribution in [0.4, 0.5) is 5.69 Å². The maximum atomic E-state index is 9.55. The molecule has 0 amide bonds. The van der Waals surface area contributed by atoms with Crippen LogP contribution in [-0.4, -0.2) is 58.8 Å². The van der Waals surface area contributed by atoms with E-state index in [1.165, 1.54) is 65.2 Å². The van der Waals surface area contributed by atoms with Gasteiger partial charge in [0.15, 0.2) is 0 Å². The van der Waals surface area contributed by atoms with Crippen molar-refractivity contribution >= 4 is 17.6 Å². The normalized spacial score (nSPS) is 21.2. The third-order valence-corrected chi connectivity index (χ3v) is 7.58. The van der Waals surface area contributed by atoms with E-state index in [9.17, 15) is 9.59 Å². The average Bonchev–Trinajstić information content (AvgIpc) is 3.48. The second-order valence-electron chi connectivity index (χ2n) is 10.3. The molecule has 0 spiro atoms. The van der Waals surface area contributed by atoms with Gasteiger partial charge in [-0.25, -0.2) is 9.59 Å². The Bertz CT molecular complexity index is 1140. The molecule has 2 aromatic rings. The van der Waals surface area contributed by atoms with Crippen molar-refractivity contribution in [3.63, 3.8) is 0 Å². The highest BCUT2D eigenvalue weighted by atomic mass is 16.5. The van der Waals surface area contributed by atoms with Crippen molar-refractivity contribution in [3.8, 4) is 5.75 Å². The highest BCUT2D eigenvalue weighted by molar-refractivity contribution is 5.89. The molecule has 0 bridgehead atoms. The van der Waals surface area contributed by atoms with E-state index in [1.807, 2.05) is 0 Å². The monoisotopic (exact) mass is 492 g/mol. The molecule has 192 valence electrons. The molecule has 1 saturated heterocycles. The third-order valence-electron chi connectivity index (χ3n) is 7.58. The number of carboxylic acid groups (broad SMARTS) is 2. The summed E-state index contributed by atoms with van der Waals surface area (Å²) in [6, 6.07) is 11.0. The molecule has 3 N–H and O–H groups in total. The largest absolute Gasteiger partial charge is 0.485 e. The lowest BCUT2D eigenvalue weighted by Gasteiger charge is -2.37. The molecule has 0 radical (unpaired) electrons. The average molecular weight is 493 g/mol. The minimum absolute atomic E-state index is 0.100. The number of benzene rings is 2. The number of hydrogen-bond donors (Lipinski definition) is 3. The highest BCUT2D eigenvalue weighted by Crippen LogP contribution is 2.46. The van der Waals surface area contributed by atoms with Gasteiger partial charge in [-0.05, 0) is 81.3 Å². The minimum atomic E-state index is -1.26. The Morgan fingerprint density at radius 1 is 1.06 bits per heavy atom. The fourth-order valence-electron chi connectivity index (χ4n) is 5.76. The van der Waals surface area contributed by atoms with Gasteiger partial charge in [0.25, 0.3) is 0 Å². The number of likely N-dealkylation sites (tertiary alicyclic amines) is 1. The van der Waals surface area contributed by atoms with Crippen LogP contribution in [0.1, 0.15) is 53.5 Å². The lowest BCUT2D eigenvalue weighted by atomic mass is 9.88. The number of carbonyl (C=O) groups is 2. The lowest BCUT2D eigenvalue weighted by molar-refractivity contribution is -0.134. The summed E-state index contributed by atoms with van der Waals surface area (Å²) in [4.78, 5) is 21.7. The predicted octanol–water partition coefficient (Wildman–Crippen LogP) is 4.56. The molecule has 0 saturated carbocycles. The van der Waals surface area contributed by atoms with Gasteiger partial charge in [-0.3, -0.25) is 4.90 Å². The number of nitrogens with one attached hydrogen (secondary N) is 1. The zero-order valence-electron chi connectivity index (χ0n) is 21.3. The minimum Gasteiger partial charge on any atom is -0.485 e. The van der Waals surface area contributed by atoms with Gasteiger partial charge in [-0.1, -0.05) is 30.3 Å². The standard InChI is InChI=1S/C25H32N2O.C4H4O4/c1-17-18(2)24-22(21-9-12-26-23(17)21)15-25(3,28-24)16-27-13-10-20(11-14-27)19-7-5-4-6-8-19;5-3(6)1-2-4(7)8/h4-8,20,26H,9-16H2,1-3H3;1-2H,(H,5,6)(H,7,8). The number of fused-ring (bicyclic) bond motifs is 3. The molecule has 2 aromatic carbocycles. The Kier molecular flexibility index (Phi) is 7.69. The van der Waals surface area contributed by atoms with Crippen LogP contribution >= 0.6 is 0 Å². The SMILES string of the molecule is Cc1c(C)c2c(c3c1NCC3)CC(C)(CN1CCC(c3ccccc3)CC1)O2.O=C(O)C=CC(=O)O. The third kappa shape index (κ3) is 5.73. The van der Waals surface area contributed by atoms with Crippen LogP contribution in [0.2, 0.25) is 0 Å². The summed E-state index contributed by atoms with van der Waals surface area (Å²) in [5.74, 6) is -0.618. The predicted molar refractivity (Wildman–Crippen MR) is 140 cm³/mol. The molecular weight excluding hydrogens is 456 g/mol. The van der Waals surface area contributed by atoms with E-state index < -0.39 is 11.9 Å². The van der Waals surface area contributed by atoms with Gasteiger partial charge >= 0.3 is 11.9 Å². The second-order valence-corrected chi connectivity index (χ2v) is 10.3. The number of hydrogen-bond acceptors (Lipinski definition) is 5. The molecule has 3 aliphatic heterocycles. The number of ether oxygens (including phenoxy) is 1. The molecule has 0 aromatic heterocycles. The zero-order valence-corrected chi connectivity index (χ0v) is 21.3. The quantitative estimate of drug-likeness (QED) is 0.527. The maximum absolute atomic E-state index is 9.55. The molecular formula is C29H36N2O5. The first kappa shape index (κ1) is 25.8. The van der Waals surface area contributed by atoms with Crippen LogP contribution in [0.5, 0.6) is 5.75 Å². The van der Waals surface area contributed by atoms with Crippen LogP contribution in [0, 0.1) is 13.8 Å². The van der Waals surface area contributed by atoms with Gasteiger partial charge in [0.1, 0.15) is 11.4 Å². The number of nitrogens with zero attached hydrogens (tertiary/aromatic N) is 1. The Labute approximate surface area is 212 Å². The summed E-state index contributed by atoms with van der Waals surface area (Å²) in [5.41, 5.74) is 8.49. The summed E-state index contributed by atoms with van der Waals surface area (Å²) >= 11 is 0. The van der Waals surface area contributed by atoms with Gasteiger partial charge < -0.3 is 20.3 Å². The molecule has 5 rings (SSSR count). The molecule has 7 nitrogen and oxygen atoms in total. The lowest BCUT2D eigenvalue weighted by Crippen LogP contribution is -2.47. The summed E-state index contributed by atoms with van der Waals surface area (Å²) < 4.78 is 6.68. The van der Waals surface area contributed by atoms with Crippen molar-refractivity contribution < 1.29 is 24.5 Å². The fourth-order valence-corrected chi connectivity index (χ4v) is 5.76. The van der Waals surface area contributed by atoms with Gasteiger partial charge in [0, 0.05) is 42.9 Å². The van der Waals surface area contributed by atoms with Crippen LogP contribution in [0.3, 0.4) is 0 Å². The summed E-state index contributed by atoms with van der Waals surface area (Å²) in [5, 5.41) is 19.2. The van der Waals surface area contributed by atoms with E-state index in [4.69, 9.17) is 14.9 Å². The van der Waals surface area contributed by atoms with E-state index in [0.29, 0.717) is 18.1 Å². The first-order valence-corrected chi connectivity index (χ1v) is 12.7. The molecule has 3 heterocycles. The maximum Gasteiger partial charge on any atom is 0.328 e. The van der Waals surface area contributed by atoms with Crippen molar-refractivity contribution in [2.75, 3.05) is 31.5 Å². The van der Waals surface area contributed by atoms with E-state index in [1.54, 1.807) is 0 Å². The number of aliphatic carboxylic acids is 2. The fraction of sp³-hybridized carbons (Fsp3) is 0.448. The molecule has 1 unspecified atom stereocenters. The topological polar surface area (TPSA) is 99.1 Å². The van der Waals surface area contributed by atoms with E-state index >= 15 is 0 Å². The van der Waals surface area contributed by atoms with Crippen molar-refractivity contribution in [1.29, 1.82) is 0 Å². The van der Waals surface area contributed by atoms with Crippen molar-refractivity contribution in [1.82, 2.24) is 4.90 Å². The Hall–Kier alpha value is -3.32. The van der Waals surface area contributed by atoms with E-state index in [-0.39, 0.29) is 5.60 Å². The molecule has 0 aliphatic carbocycles.